The lowest BCUT2D eigenvalue weighted by Crippen LogP contribution is -2.10. The van der Waals surface area contributed by atoms with Crippen LogP contribution in [0.1, 0.15) is 44.2 Å². The summed E-state index contributed by atoms with van der Waals surface area (Å²) in [5, 5.41) is 18.1. The molecule has 1 N–H and O–H groups in total. The van der Waals surface area contributed by atoms with Crippen molar-refractivity contribution in [3.05, 3.63) is 30.1 Å². The van der Waals surface area contributed by atoms with Crippen LogP contribution in [-0.4, -0.2) is 29.7 Å². The molecule has 2 heterocycles. The number of aryl methyl sites for hydroxylation is 1. The largest absolute Gasteiger partial charge is 0.388 e. The number of aliphatic hydroxyl groups is 1. The second-order valence-corrected chi connectivity index (χ2v) is 4.29. The lowest BCUT2D eigenvalue weighted by molar-refractivity contribution is 0.173. The van der Waals surface area contributed by atoms with Crippen LogP contribution in [0.15, 0.2) is 18.7 Å². The van der Waals surface area contributed by atoms with Gasteiger partial charge in [-0.25, -0.2) is 9.67 Å². The molecule has 0 aliphatic rings. The second kappa shape index (κ2) is 5.77. The Morgan fingerprint density at radius 3 is 2.89 bits per heavy atom. The van der Waals surface area contributed by atoms with Crippen molar-refractivity contribution >= 4 is 0 Å². The molecule has 0 saturated heterocycles. The molecule has 18 heavy (non-hydrogen) atoms. The Labute approximate surface area is 106 Å². The van der Waals surface area contributed by atoms with E-state index in [9.17, 15) is 5.11 Å². The molecule has 0 fully saturated rings. The zero-order valence-corrected chi connectivity index (χ0v) is 10.8. The number of aliphatic hydroxyl groups excluding tert-OH is 1. The van der Waals surface area contributed by atoms with Gasteiger partial charge in [0.05, 0.1) is 12.3 Å². The van der Waals surface area contributed by atoms with Crippen LogP contribution in [0.4, 0.5) is 0 Å². The van der Waals surface area contributed by atoms with Gasteiger partial charge in [0, 0.05) is 18.3 Å². The summed E-state index contributed by atoms with van der Waals surface area (Å²) in [7, 11) is 0. The Hall–Kier alpha value is -1.69. The lowest BCUT2D eigenvalue weighted by Gasteiger charge is -2.05. The minimum Gasteiger partial charge on any atom is -0.388 e. The van der Waals surface area contributed by atoms with Crippen molar-refractivity contribution in [2.75, 3.05) is 0 Å². The van der Waals surface area contributed by atoms with Crippen molar-refractivity contribution in [3.8, 4) is 0 Å². The molecule has 2 rings (SSSR count). The van der Waals surface area contributed by atoms with Gasteiger partial charge in [0.15, 0.2) is 0 Å². The van der Waals surface area contributed by atoms with E-state index in [1.165, 1.54) is 0 Å². The molecule has 98 valence electrons. The first kappa shape index (κ1) is 12.8. The van der Waals surface area contributed by atoms with Crippen LogP contribution in [0.2, 0.25) is 0 Å². The molecule has 0 spiro atoms. The van der Waals surface area contributed by atoms with Gasteiger partial charge >= 0.3 is 0 Å². The first-order chi connectivity index (χ1) is 8.74. The van der Waals surface area contributed by atoms with E-state index in [1.807, 2.05) is 17.8 Å². The third kappa shape index (κ3) is 2.76. The maximum Gasteiger partial charge on any atom is 0.148 e. The van der Waals surface area contributed by atoms with Gasteiger partial charge in [-0.2, -0.15) is 10.2 Å². The number of nitrogens with zero attached hydrogens (tertiary/aromatic N) is 5. The van der Waals surface area contributed by atoms with E-state index < -0.39 is 6.10 Å². The smallest absolute Gasteiger partial charge is 0.148 e. The van der Waals surface area contributed by atoms with Gasteiger partial charge in [0.1, 0.15) is 18.7 Å². The molecule has 1 atom stereocenters. The number of aromatic nitrogens is 5. The molecule has 0 aromatic carbocycles. The Morgan fingerprint density at radius 1 is 1.33 bits per heavy atom. The summed E-state index contributed by atoms with van der Waals surface area (Å²) in [6.07, 6.45) is 6.41. The summed E-state index contributed by atoms with van der Waals surface area (Å²) < 4.78 is 3.67. The zero-order valence-electron chi connectivity index (χ0n) is 10.8. The van der Waals surface area contributed by atoms with Crippen molar-refractivity contribution in [3.63, 3.8) is 0 Å². The molecule has 0 amide bonds. The minimum absolute atomic E-state index is 0.438. The fraction of sp³-hybridized carbons (Fsp3) is 0.583. The normalized spacial score (nSPS) is 12.8. The van der Waals surface area contributed by atoms with E-state index in [1.54, 1.807) is 17.2 Å². The lowest BCUT2D eigenvalue weighted by atomic mass is 10.2. The van der Waals surface area contributed by atoms with Crippen molar-refractivity contribution in [2.24, 2.45) is 0 Å². The summed E-state index contributed by atoms with van der Waals surface area (Å²) in [6, 6.07) is 0. The highest BCUT2D eigenvalue weighted by molar-refractivity contribution is 5.08. The van der Waals surface area contributed by atoms with Gasteiger partial charge < -0.3 is 5.11 Å². The van der Waals surface area contributed by atoms with Crippen LogP contribution in [0, 0.1) is 0 Å². The number of hydrogen-bond donors (Lipinski definition) is 1. The first-order valence-corrected chi connectivity index (χ1v) is 6.31. The Morgan fingerprint density at radius 2 is 2.17 bits per heavy atom. The predicted molar refractivity (Wildman–Crippen MR) is 66.9 cm³/mol. The summed E-state index contributed by atoms with van der Waals surface area (Å²) in [5.41, 5.74) is 0.846. The molecule has 6 heteroatoms. The van der Waals surface area contributed by atoms with E-state index in [-0.39, 0.29) is 0 Å². The van der Waals surface area contributed by atoms with Crippen LogP contribution in [-0.2, 0) is 13.1 Å². The van der Waals surface area contributed by atoms with E-state index in [2.05, 4.69) is 22.1 Å². The molecule has 0 saturated carbocycles. The molecule has 0 aliphatic carbocycles. The average Bonchev–Trinajstić information content (AvgIpc) is 3.00. The molecule has 0 bridgehead atoms. The molecular formula is C12H19N5O. The van der Waals surface area contributed by atoms with Crippen LogP contribution < -0.4 is 0 Å². The summed E-state index contributed by atoms with van der Waals surface area (Å²) in [4.78, 5) is 4.23. The van der Waals surface area contributed by atoms with Crippen molar-refractivity contribution < 1.29 is 5.11 Å². The third-order valence-corrected chi connectivity index (χ3v) is 2.86. The van der Waals surface area contributed by atoms with Crippen LogP contribution in [0.25, 0.3) is 0 Å². The molecule has 2 aromatic heterocycles. The zero-order chi connectivity index (χ0) is 13.0. The van der Waals surface area contributed by atoms with Gasteiger partial charge in [-0.05, 0) is 12.8 Å². The fourth-order valence-electron chi connectivity index (χ4n) is 1.83. The number of hydrogen-bond acceptors (Lipinski definition) is 4. The van der Waals surface area contributed by atoms with Crippen LogP contribution in [0.3, 0.4) is 0 Å². The first-order valence-electron chi connectivity index (χ1n) is 6.31. The SMILES string of the molecule is CCCn1ncnc1Cn1cc(C(O)CC)cn1. The third-order valence-electron chi connectivity index (χ3n) is 2.86. The molecule has 0 radical (unpaired) electrons. The predicted octanol–water partition coefficient (Wildman–Crippen LogP) is 1.38. The molecule has 2 aromatic rings. The van der Waals surface area contributed by atoms with Crippen molar-refractivity contribution in [2.45, 2.75) is 45.9 Å². The molecule has 1 unspecified atom stereocenters. The Balaban J connectivity index is 2.09. The van der Waals surface area contributed by atoms with Crippen molar-refractivity contribution in [1.29, 1.82) is 0 Å². The second-order valence-electron chi connectivity index (χ2n) is 4.29. The molecule has 0 aliphatic heterocycles. The van der Waals surface area contributed by atoms with Gasteiger partial charge in [-0.1, -0.05) is 13.8 Å². The Kier molecular flexibility index (Phi) is 4.09. The summed E-state index contributed by atoms with van der Waals surface area (Å²) >= 11 is 0. The highest BCUT2D eigenvalue weighted by Crippen LogP contribution is 2.15. The molecular weight excluding hydrogens is 230 g/mol. The van der Waals surface area contributed by atoms with Gasteiger partial charge in [0.25, 0.3) is 0 Å². The minimum atomic E-state index is -0.438. The van der Waals surface area contributed by atoms with Crippen LogP contribution in [0.5, 0.6) is 0 Å². The monoisotopic (exact) mass is 249 g/mol. The Bertz CT molecular complexity index is 490. The van der Waals surface area contributed by atoms with Crippen molar-refractivity contribution in [1.82, 2.24) is 24.5 Å². The average molecular weight is 249 g/mol. The molecule has 6 nitrogen and oxygen atoms in total. The summed E-state index contributed by atoms with van der Waals surface area (Å²) in [5.74, 6) is 0.887. The van der Waals surface area contributed by atoms with E-state index in [4.69, 9.17) is 0 Å². The van der Waals surface area contributed by atoms with E-state index in [0.29, 0.717) is 13.0 Å². The summed E-state index contributed by atoms with van der Waals surface area (Å²) in [6.45, 7) is 5.49. The quantitative estimate of drug-likeness (QED) is 0.839. The van der Waals surface area contributed by atoms with Gasteiger partial charge in [-0.3, -0.25) is 4.68 Å². The van der Waals surface area contributed by atoms with Gasteiger partial charge in [0.2, 0.25) is 0 Å². The number of rotatable bonds is 6. The maximum absolute atomic E-state index is 9.72. The van der Waals surface area contributed by atoms with E-state index >= 15 is 0 Å². The highest BCUT2D eigenvalue weighted by atomic mass is 16.3. The highest BCUT2D eigenvalue weighted by Gasteiger charge is 2.09. The fourth-order valence-corrected chi connectivity index (χ4v) is 1.83. The maximum atomic E-state index is 9.72. The van der Waals surface area contributed by atoms with Crippen LogP contribution >= 0.6 is 0 Å². The van der Waals surface area contributed by atoms with Gasteiger partial charge in [-0.15, -0.1) is 0 Å². The van der Waals surface area contributed by atoms with E-state index in [0.717, 1.165) is 24.4 Å². The topological polar surface area (TPSA) is 68.8 Å². The standard InChI is InChI=1S/C12H19N5O/c1-3-5-17-12(13-9-15-17)8-16-7-10(6-14-16)11(18)4-2/h6-7,9,11,18H,3-5,8H2,1-2H3.